The zero-order chi connectivity index (χ0) is 21.3. The zero-order valence-electron chi connectivity index (χ0n) is 16.0. The van der Waals surface area contributed by atoms with Gasteiger partial charge < -0.3 is 4.84 Å². The Bertz CT molecular complexity index is 1220. The third kappa shape index (κ3) is 3.60. The lowest BCUT2D eigenvalue weighted by Gasteiger charge is -2.08. The van der Waals surface area contributed by atoms with Crippen molar-refractivity contribution < 1.29 is 19.3 Å². The molecule has 0 heterocycles. The number of hydrogen-bond donors (Lipinski definition) is 0. The maximum atomic E-state index is 13.2. The molecular weight excluding hydrogens is 384 g/mol. The van der Waals surface area contributed by atoms with Crippen LogP contribution < -0.4 is 0 Å². The van der Waals surface area contributed by atoms with Gasteiger partial charge >= 0.3 is 5.97 Å². The van der Waals surface area contributed by atoms with Crippen LogP contribution in [-0.2, 0) is 16.1 Å². The topological polar surface area (TPSA) is 98.9 Å². The van der Waals surface area contributed by atoms with E-state index in [0.717, 1.165) is 22.3 Å². The van der Waals surface area contributed by atoms with E-state index in [2.05, 4.69) is 5.16 Å². The predicted molar refractivity (Wildman–Crippen MR) is 110 cm³/mol. The Morgan fingerprint density at radius 2 is 1.60 bits per heavy atom. The number of rotatable bonds is 5. The van der Waals surface area contributed by atoms with Gasteiger partial charge in [0.15, 0.2) is 5.71 Å². The summed E-state index contributed by atoms with van der Waals surface area (Å²) in [5, 5.41) is 14.9. The van der Waals surface area contributed by atoms with Crippen LogP contribution in [0.1, 0.15) is 34.0 Å². The second-order valence-electron chi connectivity index (χ2n) is 6.87. The zero-order valence-corrected chi connectivity index (χ0v) is 16.0. The molecule has 1 aliphatic rings. The number of fused-ring (bicyclic) bond motifs is 3. The van der Waals surface area contributed by atoms with E-state index in [-0.39, 0.29) is 11.4 Å². The molecule has 0 fully saturated rings. The Labute approximate surface area is 171 Å². The number of carbonyl (C=O) groups excluding carboxylic acids is 2. The van der Waals surface area contributed by atoms with Gasteiger partial charge in [0.1, 0.15) is 0 Å². The highest BCUT2D eigenvalue weighted by Gasteiger charge is 2.24. The maximum absolute atomic E-state index is 13.2. The average Bonchev–Trinajstić information content (AvgIpc) is 3.11. The summed E-state index contributed by atoms with van der Waals surface area (Å²) < 4.78 is 0. The van der Waals surface area contributed by atoms with Crippen LogP contribution in [0.5, 0.6) is 0 Å². The molecule has 0 N–H and O–H groups in total. The standard InChI is InChI=1S/C23H16N2O5/c1-14(26)30-24-22(15-5-3-2-4-6-15)23(27)18-8-7-16-11-17-9-10-19(25(28)29)13-21(17)20(16)12-18/h2-10,12-13H,11H2,1H3. The second kappa shape index (κ2) is 7.71. The van der Waals surface area contributed by atoms with Crippen LogP contribution in [-0.4, -0.2) is 22.4 Å². The summed E-state index contributed by atoms with van der Waals surface area (Å²) in [6, 6.07) is 18.7. The van der Waals surface area contributed by atoms with Crippen molar-refractivity contribution in [3.63, 3.8) is 0 Å². The Balaban J connectivity index is 1.76. The fraction of sp³-hybridized carbons (Fsp3) is 0.0870. The van der Waals surface area contributed by atoms with Gasteiger partial charge in [-0.25, -0.2) is 4.79 Å². The molecule has 30 heavy (non-hydrogen) atoms. The van der Waals surface area contributed by atoms with Gasteiger partial charge in [0.2, 0.25) is 5.78 Å². The molecule has 0 bridgehead atoms. The third-order valence-electron chi connectivity index (χ3n) is 4.88. The van der Waals surface area contributed by atoms with E-state index >= 15 is 0 Å². The number of hydrogen-bond acceptors (Lipinski definition) is 6. The second-order valence-corrected chi connectivity index (χ2v) is 6.87. The van der Waals surface area contributed by atoms with Crippen molar-refractivity contribution in [2.75, 3.05) is 0 Å². The molecule has 0 saturated heterocycles. The average molecular weight is 400 g/mol. The third-order valence-corrected chi connectivity index (χ3v) is 4.88. The Kier molecular flexibility index (Phi) is 4.93. The number of nitrogens with zero attached hydrogens (tertiary/aromatic N) is 2. The van der Waals surface area contributed by atoms with E-state index in [1.165, 1.54) is 19.1 Å². The SMILES string of the molecule is CC(=O)ON=C(C(=O)c1ccc2c(c1)-c1cc([N+](=O)[O-])ccc1C2)c1ccccc1. The van der Waals surface area contributed by atoms with Gasteiger partial charge in [0.05, 0.1) is 4.92 Å². The normalized spacial score (nSPS) is 12.1. The first-order chi connectivity index (χ1) is 14.4. The number of nitro benzene ring substituents is 1. The summed E-state index contributed by atoms with van der Waals surface area (Å²) in [6.07, 6.45) is 0.643. The van der Waals surface area contributed by atoms with E-state index < -0.39 is 16.7 Å². The molecule has 0 amide bonds. The largest absolute Gasteiger partial charge is 0.332 e. The monoisotopic (exact) mass is 400 g/mol. The van der Waals surface area contributed by atoms with Gasteiger partial charge in [-0.1, -0.05) is 53.7 Å². The highest BCUT2D eigenvalue weighted by molar-refractivity contribution is 6.51. The van der Waals surface area contributed by atoms with E-state index in [4.69, 9.17) is 4.84 Å². The smallest absolute Gasteiger partial charge is 0.318 e. The number of carbonyl (C=O) groups is 2. The van der Waals surface area contributed by atoms with Gasteiger partial charge in [-0.05, 0) is 34.7 Å². The Hall–Kier alpha value is -4.13. The molecule has 4 rings (SSSR count). The molecule has 0 radical (unpaired) electrons. The number of Topliss-reactive ketones (excluding diaryl/α,β-unsaturated/α-hetero) is 1. The van der Waals surface area contributed by atoms with Crippen LogP contribution in [0.25, 0.3) is 11.1 Å². The highest BCUT2D eigenvalue weighted by Crippen LogP contribution is 2.39. The first kappa shape index (κ1) is 19.2. The molecule has 148 valence electrons. The number of oxime groups is 1. The van der Waals surface area contributed by atoms with E-state index in [0.29, 0.717) is 17.5 Å². The van der Waals surface area contributed by atoms with Gasteiger partial charge in [-0.2, -0.15) is 0 Å². The van der Waals surface area contributed by atoms with Crippen molar-refractivity contribution in [1.29, 1.82) is 0 Å². The van der Waals surface area contributed by atoms with E-state index in [1.807, 2.05) is 6.07 Å². The van der Waals surface area contributed by atoms with Crippen molar-refractivity contribution in [2.24, 2.45) is 5.16 Å². The van der Waals surface area contributed by atoms with Crippen LogP contribution in [0, 0.1) is 10.1 Å². The maximum Gasteiger partial charge on any atom is 0.332 e. The first-order valence-corrected chi connectivity index (χ1v) is 9.20. The lowest BCUT2D eigenvalue weighted by molar-refractivity contribution is -0.384. The minimum absolute atomic E-state index is 0.000255. The Morgan fingerprint density at radius 1 is 0.933 bits per heavy atom. The van der Waals surface area contributed by atoms with Gasteiger partial charge in [0.25, 0.3) is 5.69 Å². The molecule has 0 atom stereocenters. The molecule has 3 aromatic rings. The van der Waals surface area contributed by atoms with Crippen LogP contribution in [0.3, 0.4) is 0 Å². The molecule has 7 heteroatoms. The van der Waals surface area contributed by atoms with Crippen LogP contribution in [0.2, 0.25) is 0 Å². The number of non-ortho nitro benzene ring substituents is 1. The number of nitro groups is 1. The van der Waals surface area contributed by atoms with Crippen LogP contribution in [0.4, 0.5) is 5.69 Å². The van der Waals surface area contributed by atoms with Crippen LogP contribution >= 0.6 is 0 Å². The summed E-state index contributed by atoms with van der Waals surface area (Å²) >= 11 is 0. The summed E-state index contributed by atoms with van der Waals surface area (Å²) in [5.41, 5.74) is 4.34. The molecule has 0 unspecified atom stereocenters. The van der Waals surface area contributed by atoms with Gasteiger partial charge in [-0.3, -0.25) is 14.9 Å². The molecule has 0 saturated carbocycles. The molecule has 3 aromatic carbocycles. The quantitative estimate of drug-likeness (QED) is 0.163. The molecular formula is C23H16N2O5. The van der Waals surface area contributed by atoms with E-state index in [1.54, 1.807) is 48.5 Å². The molecule has 0 aliphatic heterocycles. The predicted octanol–water partition coefficient (Wildman–Crippen LogP) is 4.32. The molecule has 1 aliphatic carbocycles. The van der Waals surface area contributed by atoms with Gasteiger partial charge in [0, 0.05) is 30.2 Å². The highest BCUT2D eigenvalue weighted by atomic mass is 16.7. The fourth-order valence-corrected chi connectivity index (χ4v) is 3.48. The minimum Gasteiger partial charge on any atom is -0.318 e. The fourth-order valence-electron chi connectivity index (χ4n) is 3.48. The van der Waals surface area contributed by atoms with Crippen molar-refractivity contribution in [3.8, 4) is 11.1 Å². The summed E-state index contributed by atoms with van der Waals surface area (Å²) in [7, 11) is 0. The van der Waals surface area contributed by atoms with Crippen molar-refractivity contribution in [1.82, 2.24) is 0 Å². The van der Waals surface area contributed by atoms with Crippen LogP contribution in [0.15, 0.2) is 71.9 Å². The van der Waals surface area contributed by atoms with Crippen molar-refractivity contribution in [3.05, 3.63) is 99.1 Å². The lowest BCUT2D eigenvalue weighted by Crippen LogP contribution is -2.17. The lowest BCUT2D eigenvalue weighted by atomic mass is 9.96. The van der Waals surface area contributed by atoms with Gasteiger partial charge in [-0.15, -0.1) is 0 Å². The summed E-state index contributed by atoms with van der Waals surface area (Å²) in [4.78, 5) is 39.9. The number of ketones is 1. The molecule has 0 spiro atoms. The molecule has 7 nitrogen and oxygen atoms in total. The minimum atomic E-state index is -0.633. The first-order valence-electron chi connectivity index (χ1n) is 9.20. The summed E-state index contributed by atoms with van der Waals surface area (Å²) in [6.45, 7) is 1.20. The Morgan fingerprint density at radius 3 is 2.27 bits per heavy atom. The van der Waals surface area contributed by atoms with Crippen molar-refractivity contribution in [2.45, 2.75) is 13.3 Å². The van der Waals surface area contributed by atoms with E-state index in [9.17, 15) is 19.7 Å². The summed E-state index contributed by atoms with van der Waals surface area (Å²) in [5.74, 6) is -1.05. The molecule has 0 aromatic heterocycles. The number of benzene rings is 3. The van der Waals surface area contributed by atoms with Crippen molar-refractivity contribution >= 4 is 23.2 Å².